The van der Waals surface area contributed by atoms with Crippen LogP contribution in [0.3, 0.4) is 0 Å². The lowest BCUT2D eigenvalue weighted by molar-refractivity contribution is -0.0342. The molecule has 1 amide bonds. The number of aromatic nitrogens is 2. The van der Waals surface area contributed by atoms with E-state index in [0.29, 0.717) is 19.7 Å². The molecule has 0 aromatic carbocycles. The Bertz CT molecular complexity index is 562. The van der Waals surface area contributed by atoms with Gasteiger partial charge in [0.05, 0.1) is 24.3 Å². The normalized spacial score (nSPS) is 20.6. The van der Waals surface area contributed by atoms with Crippen molar-refractivity contribution >= 4 is 5.91 Å². The molecule has 24 heavy (non-hydrogen) atoms. The predicted octanol–water partition coefficient (Wildman–Crippen LogP) is 1.93. The van der Waals surface area contributed by atoms with E-state index in [1.54, 1.807) is 0 Å². The van der Waals surface area contributed by atoms with E-state index in [2.05, 4.69) is 15.3 Å². The second kappa shape index (κ2) is 8.02. The number of alkyl halides is 2. The van der Waals surface area contributed by atoms with Gasteiger partial charge in [-0.05, 0) is 19.9 Å². The van der Waals surface area contributed by atoms with Gasteiger partial charge in [-0.3, -0.25) is 9.48 Å². The molecule has 1 fully saturated rings. The smallest absolute Gasteiger partial charge is 0.272 e. The van der Waals surface area contributed by atoms with Crippen molar-refractivity contribution in [2.75, 3.05) is 26.7 Å². The Hall–Kier alpha value is -1.54. The van der Waals surface area contributed by atoms with Crippen molar-refractivity contribution in [3.05, 3.63) is 17.5 Å². The van der Waals surface area contributed by atoms with Crippen molar-refractivity contribution in [3.8, 4) is 0 Å². The van der Waals surface area contributed by atoms with Crippen LogP contribution in [-0.4, -0.2) is 59.5 Å². The topological polar surface area (TPSA) is 59.4 Å². The second-order valence-electron chi connectivity index (χ2n) is 6.78. The van der Waals surface area contributed by atoms with Gasteiger partial charge in [-0.1, -0.05) is 13.8 Å². The Morgan fingerprint density at radius 1 is 1.46 bits per heavy atom. The molecule has 1 aromatic heterocycles. The van der Waals surface area contributed by atoms with Crippen molar-refractivity contribution < 1.29 is 18.3 Å². The van der Waals surface area contributed by atoms with E-state index in [9.17, 15) is 13.6 Å². The first-order valence-corrected chi connectivity index (χ1v) is 8.24. The minimum Gasteiger partial charge on any atom is -0.373 e. The number of rotatable bonds is 6. The minimum atomic E-state index is -2.74. The summed E-state index contributed by atoms with van der Waals surface area (Å²) in [6.45, 7) is 8.34. The van der Waals surface area contributed by atoms with Crippen LogP contribution in [0, 0.1) is 5.92 Å². The number of ether oxygens (including phenoxy) is 1. The highest BCUT2D eigenvalue weighted by molar-refractivity contribution is 5.94. The molecule has 0 bridgehead atoms. The fourth-order valence-corrected chi connectivity index (χ4v) is 2.72. The molecule has 2 rings (SSSR count). The van der Waals surface area contributed by atoms with Crippen molar-refractivity contribution in [2.24, 2.45) is 5.92 Å². The molecule has 1 saturated heterocycles. The fraction of sp³-hybridized carbons (Fsp3) is 0.750. The third-order valence-corrected chi connectivity index (χ3v) is 4.01. The molecular weight excluding hydrogens is 318 g/mol. The second-order valence-corrected chi connectivity index (χ2v) is 6.78. The van der Waals surface area contributed by atoms with Crippen LogP contribution in [0.5, 0.6) is 0 Å². The molecule has 1 aliphatic heterocycles. The number of nitrogens with zero attached hydrogens (tertiary/aromatic N) is 3. The van der Waals surface area contributed by atoms with Crippen molar-refractivity contribution in [1.82, 2.24) is 20.0 Å². The zero-order chi connectivity index (χ0) is 17.9. The van der Waals surface area contributed by atoms with Crippen LogP contribution >= 0.6 is 0 Å². The average molecular weight is 344 g/mol. The van der Waals surface area contributed by atoms with Crippen molar-refractivity contribution in [2.45, 2.75) is 45.9 Å². The summed E-state index contributed by atoms with van der Waals surface area (Å²) in [5.74, 6) is -0.339. The van der Waals surface area contributed by atoms with Crippen LogP contribution in [0.4, 0.5) is 8.78 Å². The molecular formula is C16H26F2N4O2. The third-order valence-electron chi connectivity index (χ3n) is 4.01. The zero-order valence-corrected chi connectivity index (χ0v) is 14.6. The number of morpholine rings is 1. The lowest BCUT2D eigenvalue weighted by Gasteiger charge is -2.33. The number of carbonyl (C=O) groups excluding carboxylic acids is 1. The number of nitrogens with one attached hydrogen (secondary N) is 1. The van der Waals surface area contributed by atoms with Gasteiger partial charge < -0.3 is 15.0 Å². The first-order chi connectivity index (χ1) is 11.3. The van der Waals surface area contributed by atoms with Gasteiger partial charge in [0.1, 0.15) is 0 Å². The number of amides is 1. The van der Waals surface area contributed by atoms with E-state index in [1.807, 2.05) is 27.8 Å². The van der Waals surface area contributed by atoms with Crippen LogP contribution < -0.4 is 5.32 Å². The molecule has 1 aromatic rings. The molecule has 0 spiro atoms. The molecule has 8 heteroatoms. The van der Waals surface area contributed by atoms with E-state index in [0.717, 1.165) is 6.54 Å². The number of likely N-dealkylation sites (N-methyl/N-ethyl adjacent to an activating group) is 1. The Labute approximate surface area is 141 Å². The third kappa shape index (κ3) is 4.73. The molecule has 0 aliphatic carbocycles. The molecule has 2 heterocycles. The first kappa shape index (κ1) is 18.8. The molecule has 2 unspecified atom stereocenters. The lowest BCUT2D eigenvalue weighted by Crippen LogP contribution is -2.51. The van der Waals surface area contributed by atoms with Crippen LogP contribution in [-0.2, 0) is 11.3 Å². The molecule has 136 valence electrons. The number of hydrogen-bond acceptors (Lipinski definition) is 4. The lowest BCUT2D eigenvalue weighted by atomic mass is 10.1. The predicted molar refractivity (Wildman–Crippen MR) is 86.2 cm³/mol. The SMILES string of the molecule is CC(C)Cn1cc(C(F)F)c(C(=O)NC(C)C2CN(C)CCO2)n1. The van der Waals surface area contributed by atoms with Gasteiger partial charge in [-0.25, -0.2) is 8.78 Å². The fourth-order valence-electron chi connectivity index (χ4n) is 2.72. The van der Waals surface area contributed by atoms with Gasteiger partial charge in [0, 0.05) is 25.8 Å². The summed E-state index contributed by atoms with van der Waals surface area (Å²) in [6.07, 6.45) is -1.64. The Balaban J connectivity index is 2.09. The molecule has 0 radical (unpaired) electrons. The quantitative estimate of drug-likeness (QED) is 0.857. The zero-order valence-electron chi connectivity index (χ0n) is 14.6. The van der Waals surface area contributed by atoms with Gasteiger partial charge in [0.15, 0.2) is 5.69 Å². The monoisotopic (exact) mass is 344 g/mol. The van der Waals surface area contributed by atoms with E-state index >= 15 is 0 Å². The Morgan fingerprint density at radius 2 is 2.17 bits per heavy atom. The minimum absolute atomic E-state index is 0.166. The van der Waals surface area contributed by atoms with Crippen LogP contribution in [0.2, 0.25) is 0 Å². The van der Waals surface area contributed by atoms with Crippen LogP contribution in [0.25, 0.3) is 0 Å². The summed E-state index contributed by atoms with van der Waals surface area (Å²) >= 11 is 0. The highest BCUT2D eigenvalue weighted by Crippen LogP contribution is 2.23. The van der Waals surface area contributed by atoms with Gasteiger partial charge in [0.2, 0.25) is 0 Å². The maximum atomic E-state index is 13.2. The summed E-state index contributed by atoms with van der Waals surface area (Å²) in [7, 11) is 1.98. The summed E-state index contributed by atoms with van der Waals surface area (Å²) < 4.78 is 33.5. The molecule has 0 saturated carbocycles. The molecule has 1 aliphatic rings. The summed E-state index contributed by atoms with van der Waals surface area (Å²) in [6, 6.07) is -0.291. The van der Waals surface area contributed by atoms with Crippen LogP contribution in [0.1, 0.15) is 43.2 Å². The highest BCUT2D eigenvalue weighted by Gasteiger charge is 2.28. The van der Waals surface area contributed by atoms with Gasteiger partial charge in [-0.15, -0.1) is 0 Å². The number of halogens is 2. The maximum Gasteiger partial charge on any atom is 0.272 e. The van der Waals surface area contributed by atoms with Gasteiger partial charge in [-0.2, -0.15) is 5.10 Å². The number of carbonyl (C=O) groups is 1. The highest BCUT2D eigenvalue weighted by atomic mass is 19.3. The first-order valence-electron chi connectivity index (χ1n) is 8.24. The van der Waals surface area contributed by atoms with Crippen LogP contribution in [0.15, 0.2) is 6.20 Å². The van der Waals surface area contributed by atoms with Crippen molar-refractivity contribution in [1.29, 1.82) is 0 Å². The molecule has 2 atom stereocenters. The van der Waals surface area contributed by atoms with E-state index in [4.69, 9.17) is 4.74 Å². The standard InChI is InChI=1S/C16H26F2N4O2/c1-10(2)7-22-8-12(15(17)18)14(20-22)16(23)19-11(3)13-9-21(4)5-6-24-13/h8,10-11,13,15H,5-7,9H2,1-4H3,(H,19,23). The number of hydrogen-bond donors (Lipinski definition) is 1. The Morgan fingerprint density at radius 3 is 2.75 bits per heavy atom. The maximum absolute atomic E-state index is 13.2. The Kier molecular flexibility index (Phi) is 6.28. The van der Waals surface area contributed by atoms with E-state index in [-0.39, 0.29) is 29.3 Å². The summed E-state index contributed by atoms with van der Waals surface area (Å²) in [5, 5.41) is 6.81. The largest absolute Gasteiger partial charge is 0.373 e. The molecule has 6 nitrogen and oxygen atoms in total. The average Bonchev–Trinajstić information content (AvgIpc) is 2.90. The van der Waals surface area contributed by atoms with Crippen molar-refractivity contribution in [3.63, 3.8) is 0 Å². The van der Waals surface area contributed by atoms with Gasteiger partial charge in [0.25, 0.3) is 12.3 Å². The molecule has 1 N–H and O–H groups in total. The van der Waals surface area contributed by atoms with E-state index < -0.39 is 12.3 Å². The van der Waals surface area contributed by atoms with Gasteiger partial charge >= 0.3 is 0 Å². The summed E-state index contributed by atoms with van der Waals surface area (Å²) in [5.41, 5.74) is -0.538. The summed E-state index contributed by atoms with van der Waals surface area (Å²) in [4.78, 5) is 14.5. The van der Waals surface area contributed by atoms with E-state index in [1.165, 1.54) is 10.9 Å².